The molecule has 53 heavy (non-hydrogen) atoms. The van der Waals surface area contributed by atoms with E-state index in [0.29, 0.717) is 11.4 Å². The van der Waals surface area contributed by atoms with Crippen LogP contribution in [0.5, 0.6) is 0 Å². The van der Waals surface area contributed by atoms with Gasteiger partial charge in [-0.05, 0) is 73.8 Å². The third-order valence-corrected chi connectivity index (χ3v) is 10.6. The number of nitriles is 1. The fraction of sp³-hybridized carbons (Fsp3) is 0.0600. The number of hydrogen-bond donors (Lipinski definition) is 0. The molecule has 0 unspecified atom stereocenters. The fourth-order valence-electron chi connectivity index (χ4n) is 7.82. The lowest BCUT2D eigenvalue weighted by atomic mass is 9.80. The predicted octanol–water partition coefficient (Wildman–Crippen LogP) is 12.7. The lowest BCUT2D eigenvalue weighted by Crippen LogP contribution is -2.14. The predicted molar refractivity (Wildman–Crippen MR) is 217 cm³/mol. The van der Waals surface area contributed by atoms with E-state index in [-0.39, 0.29) is 5.41 Å². The largest absolute Gasteiger partial charge is 0.228 e. The molecule has 0 amide bonds. The van der Waals surface area contributed by atoms with Gasteiger partial charge in [-0.1, -0.05) is 172 Å². The Kier molecular flexibility index (Phi) is 7.87. The highest BCUT2D eigenvalue weighted by atomic mass is 14.9. The van der Waals surface area contributed by atoms with Gasteiger partial charge in [0.05, 0.1) is 23.0 Å². The summed E-state index contributed by atoms with van der Waals surface area (Å²) in [6.45, 7) is 4.66. The van der Waals surface area contributed by atoms with Gasteiger partial charge in [-0.2, -0.15) is 5.26 Å². The maximum absolute atomic E-state index is 9.50. The van der Waals surface area contributed by atoms with Crippen LogP contribution in [0, 0.1) is 11.3 Å². The molecule has 9 rings (SSSR count). The topological polar surface area (TPSA) is 49.6 Å². The van der Waals surface area contributed by atoms with Crippen LogP contribution in [0.4, 0.5) is 0 Å². The Morgan fingerprint density at radius 2 is 0.981 bits per heavy atom. The van der Waals surface area contributed by atoms with E-state index in [4.69, 9.17) is 9.97 Å². The van der Waals surface area contributed by atoms with Gasteiger partial charge < -0.3 is 0 Å². The van der Waals surface area contributed by atoms with E-state index in [1.54, 1.807) is 0 Å². The molecule has 0 bridgehead atoms. The van der Waals surface area contributed by atoms with Crippen LogP contribution < -0.4 is 0 Å². The van der Waals surface area contributed by atoms with Crippen molar-refractivity contribution in [3.05, 3.63) is 193 Å². The molecule has 1 heterocycles. The zero-order chi connectivity index (χ0) is 35.9. The van der Waals surface area contributed by atoms with Crippen LogP contribution in [0.3, 0.4) is 0 Å². The zero-order valence-electron chi connectivity index (χ0n) is 29.6. The van der Waals surface area contributed by atoms with Crippen molar-refractivity contribution in [1.82, 2.24) is 9.97 Å². The lowest BCUT2D eigenvalue weighted by Gasteiger charge is -2.23. The number of nitrogens with zero attached hydrogens (tertiary/aromatic N) is 3. The van der Waals surface area contributed by atoms with Crippen LogP contribution >= 0.6 is 0 Å². The molecule has 7 aromatic carbocycles. The first-order valence-electron chi connectivity index (χ1n) is 18.0. The van der Waals surface area contributed by atoms with Crippen LogP contribution in [0.1, 0.15) is 30.5 Å². The summed E-state index contributed by atoms with van der Waals surface area (Å²) in [7, 11) is 0. The first kappa shape index (κ1) is 32.0. The van der Waals surface area contributed by atoms with Gasteiger partial charge in [-0.15, -0.1) is 0 Å². The van der Waals surface area contributed by atoms with Gasteiger partial charge in [0.15, 0.2) is 5.82 Å². The summed E-state index contributed by atoms with van der Waals surface area (Å²) in [6, 6.07) is 63.7. The molecule has 3 heteroatoms. The third-order valence-electron chi connectivity index (χ3n) is 10.6. The van der Waals surface area contributed by atoms with E-state index in [9.17, 15) is 5.26 Å². The minimum atomic E-state index is -0.124. The molecule has 0 spiro atoms. The first-order chi connectivity index (χ1) is 26.0. The van der Waals surface area contributed by atoms with Crippen LogP contribution in [0.25, 0.3) is 78.4 Å². The minimum absolute atomic E-state index is 0.124. The van der Waals surface area contributed by atoms with Crippen LogP contribution in [-0.2, 0) is 5.41 Å². The Bertz CT molecular complexity index is 2610. The molecule has 1 aliphatic rings. The van der Waals surface area contributed by atoms with Gasteiger partial charge in [0.25, 0.3) is 0 Å². The van der Waals surface area contributed by atoms with Crippen molar-refractivity contribution in [1.29, 1.82) is 5.26 Å². The van der Waals surface area contributed by atoms with Gasteiger partial charge in [0.2, 0.25) is 0 Å². The smallest absolute Gasteiger partial charge is 0.160 e. The Hall–Kier alpha value is -6.89. The van der Waals surface area contributed by atoms with Crippen molar-refractivity contribution in [2.24, 2.45) is 0 Å². The van der Waals surface area contributed by atoms with E-state index in [2.05, 4.69) is 141 Å². The first-order valence-corrected chi connectivity index (χ1v) is 18.0. The van der Waals surface area contributed by atoms with E-state index >= 15 is 0 Å². The normalized spacial score (nSPS) is 12.5. The van der Waals surface area contributed by atoms with Crippen molar-refractivity contribution in [3.8, 4) is 84.5 Å². The summed E-state index contributed by atoms with van der Waals surface area (Å²) in [6.07, 6.45) is 0. The number of hydrogen-bond acceptors (Lipinski definition) is 3. The Morgan fingerprint density at radius 1 is 0.415 bits per heavy atom. The van der Waals surface area contributed by atoms with Gasteiger partial charge in [0, 0.05) is 22.1 Å². The molecule has 0 aliphatic heterocycles. The number of rotatable bonds is 6. The molecule has 0 radical (unpaired) electrons. The van der Waals surface area contributed by atoms with Crippen molar-refractivity contribution in [2.75, 3.05) is 0 Å². The van der Waals surface area contributed by atoms with Crippen molar-refractivity contribution in [3.63, 3.8) is 0 Å². The van der Waals surface area contributed by atoms with Gasteiger partial charge in [-0.25, -0.2) is 9.97 Å². The molecule has 1 aliphatic carbocycles. The molecular formula is C50H35N3. The molecule has 0 N–H and O–H groups in total. The standard InChI is InChI=1S/C50H35N3/c1-50(2)43-19-10-9-18-42(43)48-44(50)29-28-41(47(48)38-26-20-34(21-27-38)40-17-11-12-33(30-40)32-51)35-22-24-37(25-23-35)46-31-45(36-13-5-3-6-14-36)52-49(53-46)39-15-7-4-8-16-39/h3-31H,1-2H3. The summed E-state index contributed by atoms with van der Waals surface area (Å²) < 4.78 is 0. The molecule has 0 saturated heterocycles. The molecule has 3 nitrogen and oxygen atoms in total. The van der Waals surface area contributed by atoms with E-state index < -0.39 is 0 Å². The second kappa shape index (κ2) is 13.0. The Labute approximate surface area is 310 Å². The quantitative estimate of drug-likeness (QED) is 0.176. The van der Waals surface area contributed by atoms with E-state index in [0.717, 1.165) is 50.3 Å². The SMILES string of the molecule is CC1(C)c2ccccc2-c2c1ccc(-c1ccc(-c3cc(-c4ccccc4)nc(-c4ccccc4)n3)cc1)c2-c1ccc(-c2cccc(C#N)c2)cc1. The highest BCUT2D eigenvalue weighted by molar-refractivity contribution is 6.00. The maximum atomic E-state index is 9.50. The number of benzene rings is 7. The van der Waals surface area contributed by atoms with Gasteiger partial charge in [0.1, 0.15) is 0 Å². The number of fused-ring (bicyclic) bond motifs is 3. The molecule has 1 aromatic heterocycles. The van der Waals surface area contributed by atoms with Crippen LogP contribution in [0.2, 0.25) is 0 Å². The van der Waals surface area contributed by atoms with E-state index in [1.165, 1.54) is 33.4 Å². The molecule has 0 atom stereocenters. The lowest BCUT2D eigenvalue weighted by molar-refractivity contribution is 0.660. The van der Waals surface area contributed by atoms with Crippen molar-refractivity contribution >= 4 is 0 Å². The van der Waals surface area contributed by atoms with Gasteiger partial charge in [-0.3, -0.25) is 0 Å². The highest BCUT2D eigenvalue weighted by Crippen LogP contribution is 2.54. The van der Waals surface area contributed by atoms with Crippen molar-refractivity contribution in [2.45, 2.75) is 19.3 Å². The second-order valence-electron chi connectivity index (χ2n) is 14.1. The zero-order valence-corrected chi connectivity index (χ0v) is 29.6. The molecule has 0 saturated carbocycles. The Morgan fingerprint density at radius 3 is 1.68 bits per heavy atom. The average Bonchev–Trinajstić information content (AvgIpc) is 3.47. The number of aromatic nitrogens is 2. The van der Waals surface area contributed by atoms with Crippen molar-refractivity contribution < 1.29 is 0 Å². The summed E-state index contributed by atoms with van der Waals surface area (Å²) in [5, 5.41) is 9.50. The van der Waals surface area contributed by atoms with Gasteiger partial charge >= 0.3 is 0 Å². The molecule has 0 fully saturated rings. The fourth-order valence-corrected chi connectivity index (χ4v) is 7.82. The molecule has 250 valence electrons. The summed E-state index contributed by atoms with van der Waals surface area (Å²) >= 11 is 0. The maximum Gasteiger partial charge on any atom is 0.160 e. The third kappa shape index (κ3) is 5.72. The summed E-state index contributed by atoms with van der Waals surface area (Å²) in [5.41, 5.74) is 17.5. The van der Waals surface area contributed by atoms with E-state index in [1.807, 2.05) is 54.6 Å². The Balaban J connectivity index is 1.18. The summed E-state index contributed by atoms with van der Waals surface area (Å²) in [4.78, 5) is 10.1. The molecular weight excluding hydrogens is 643 g/mol. The monoisotopic (exact) mass is 677 g/mol. The summed E-state index contributed by atoms with van der Waals surface area (Å²) in [5.74, 6) is 0.705. The second-order valence-corrected chi connectivity index (χ2v) is 14.1. The van der Waals surface area contributed by atoms with Crippen LogP contribution in [0.15, 0.2) is 176 Å². The minimum Gasteiger partial charge on any atom is -0.228 e. The van der Waals surface area contributed by atoms with Crippen LogP contribution in [-0.4, -0.2) is 9.97 Å². The molecule has 8 aromatic rings. The average molecular weight is 678 g/mol. The highest BCUT2D eigenvalue weighted by Gasteiger charge is 2.37.